The molecule has 26 heavy (non-hydrogen) atoms. The van der Waals surface area contributed by atoms with E-state index < -0.39 is 0 Å². The van der Waals surface area contributed by atoms with Crippen LogP contribution in [0.3, 0.4) is 0 Å². The number of nitrogens with zero attached hydrogens (tertiary/aromatic N) is 1. The second-order valence-electron chi connectivity index (χ2n) is 6.03. The smallest absolute Gasteiger partial charge is 0.317 e. The molecule has 1 N–H and O–H groups in total. The molecule has 0 unspecified atom stereocenters. The van der Waals surface area contributed by atoms with Gasteiger partial charge in [0.2, 0.25) is 0 Å². The van der Waals surface area contributed by atoms with Crippen molar-refractivity contribution in [2.24, 2.45) is 0 Å². The number of halogens is 2. The quantitative estimate of drug-likeness (QED) is 0.757. The maximum absolute atomic E-state index is 12.3. The highest BCUT2D eigenvalue weighted by Crippen LogP contribution is 2.38. The van der Waals surface area contributed by atoms with Crippen LogP contribution in [-0.2, 0) is 13.0 Å². The van der Waals surface area contributed by atoms with Crippen LogP contribution >= 0.6 is 27.5 Å². The summed E-state index contributed by atoms with van der Waals surface area (Å²) in [5, 5.41) is 3.46. The van der Waals surface area contributed by atoms with Crippen molar-refractivity contribution in [1.29, 1.82) is 0 Å². The molecule has 0 aromatic heterocycles. The summed E-state index contributed by atoms with van der Waals surface area (Å²) < 4.78 is 12.1. The fourth-order valence-corrected chi connectivity index (χ4v) is 3.41. The van der Waals surface area contributed by atoms with Crippen LogP contribution in [0.25, 0.3) is 0 Å². The first-order valence-electron chi connectivity index (χ1n) is 8.35. The second-order valence-corrected chi connectivity index (χ2v) is 7.29. The Hall–Kier alpha value is -1.92. The van der Waals surface area contributed by atoms with Gasteiger partial charge in [-0.3, -0.25) is 0 Å². The van der Waals surface area contributed by atoms with E-state index in [9.17, 15) is 4.79 Å². The molecule has 0 aliphatic carbocycles. The molecular formula is C19H20BrClN2O3. The van der Waals surface area contributed by atoms with Crippen molar-refractivity contribution < 1.29 is 14.3 Å². The average molecular weight is 440 g/mol. The Bertz CT molecular complexity index is 800. The van der Waals surface area contributed by atoms with Gasteiger partial charge in [0.05, 0.1) is 5.02 Å². The third-order valence-corrected chi connectivity index (χ3v) is 5.11. The van der Waals surface area contributed by atoms with E-state index in [-0.39, 0.29) is 6.03 Å². The number of hydrogen-bond donors (Lipinski definition) is 1. The molecule has 2 amide bonds. The molecule has 138 valence electrons. The summed E-state index contributed by atoms with van der Waals surface area (Å²) in [6, 6.07) is 11.5. The van der Waals surface area contributed by atoms with Crippen LogP contribution in [0, 0.1) is 0 Å². The van der Waals surface area contributed by atoms with Gasteiger partial charge in [-0.05, 0) is 35.7 Å². The fraction of sp³-hybridized carbons (Fsp3) is 0.316. The molecule has 0 radical (unpaired) electrons. The number of hydrogen-bond acceptors (Lipinski definition) is 3. The third-order valence-electron chi connectivity index (χ3n) is 4.06. The Morgan fingerprint density at radius 2 is 2.04 bits per heavy atom. The maximum atomic E-state index is 12.3. The first-order valence-corrected chi connectivity index (χ1v) is 9.52. The summed E-state index contributed by atoms with van der Waals surface area (Å²) in [6.07, 6.45) is 0.658. The van der Waals surface area contributed by atoms with Gasteiger partial charge in [-0.25, -0.2) is 4.79 Å². The Morgan fingerprint density at radius 3 is 2.85 bits per heavy atom. The molecule has 5 nitrogen and oxygen atoms in total. The van der Waals surface area contributed by atoms with E-state index in [1.165, 1.54) is 0 Å². The summed E-state index contributed by atoms with van der Waals surface area (Å²) in [6.45, 7) is 2.06. The minimum Gasteiger partial charge on any atom is -0.486 e. The average Bonchev–Trinajstić information content (AvgIpc) is 2.63. The number of ether oxygens (including phenoxy) is 2. The second kappa shape index (κ2) is 8.64. The number of carbonyl (C=O) groups excluding carboxylic acids is 1. The molecule has 1 aliphatic heterocycles. The highest BCUT2D eigenvalue weighted by molar-refractivity contribution is 9.10. The Morgan fingerprint density at radius 1 is 1.27 bits per heavy atom. The van der Waals surface area contributed by atoms with Gasteiger partial charge < -0.3 is 19.7 Å². The zero-order valence-corrected chi connectivity index (χ0v) is 16.8. The first-order chi connectivity index (χ1) is 12.5. The number of urea groups is 1. The van der Waals surface area contributed by atoms with Crippen molar-refractivity contribution in [2.75, 3.05) is 26.8 Å². The van der Waals surface area contributed by atoms with Crippen LogP contribution in [-0.4, -0.2) is 37.7 Å². The van der Waals surface area contributed by atoms with E-state index >= 15 is 0 Å². The number of amides is 2. The van der Waals surface area contributed by atoms with E-state index in [1.54, 1.807) is 11.9 Å². The fourth-order valence-electron chi connectivity index (χ4n) is 2.71. The summed E-state index contributed by atoms with van der Waals surface area (Å²) in [5.74, 6) is 1.26. The normalized spacial score (nSPS) is 12.6. The molecule has 2 aromatic rings. The topological polar surface area (TPSA) is 50.8 Å². The summed E-state index contributed by atoms with van der Waals surface area (Å²) in [7, 11) is 1.77. The van der Waals surface area contributed by atoms with Crippen molar-refractivity contribution >= 4 is 33.6 Å². The molecule has 1 aliphatic rings. The molecule has 0 spiro atoms. The zero-order valence-electron chi connectivity index (χ0n) is 14.4. The molecular weight excluding hydrogens is 420 g/mol. The lowest BCUT2D eigenvalue weighted by atomic mass is 10.1. The zero-order chi connectivity index (χ0) is 18.5. The monoisotopic (exact) mass is 438 g/mol. The summed E-state index contributed by atoms with van der Waals surface area (Å²) in [4.78, 5) is 13.9. The van der Waals surface area contributed by atoms with Crippen LogP contribution < -0.4 is 14.8 Å². The van der Waals surface area contributed by atoms with E-state index in [0.717, 1.165) is 15.6 Å². The largest absolute Gasteiger partial charge is 0.486 e. The van der Waals surface area contributed by atoms with Crippen molar-refractivity contribution in [2.45, 2.75) is 13.0 Å². The molecule has 2 aromatic carbocycles. The number of fused-ring (bicyclic) bond motifs is 1. The summed E-state index contributed by atoms with van der Waals surface area (Å²) in [5.41, 5.74) is 2.05. The minimum absolute atomic E-state index is 0.121. The van der Waals surface area contributed by atoms with Crippen LogP contribution in [0.15, 0.2) is 40.9 Å². The number of benzene rings is 2. The standard InChI is InChI=1S/C19H20BrClN2O3/c1-23(12-14-4-2-3-5-15(14)20)19(24)22-7-6-13-10-16(21)18-17(11-13)25-8-9-26-18/h2-5,10-11H,6-9,12H2,1H3,(H,22,24). The highest BCUT2D eigenvalue weighted by Gasteiger charge is 2.17. The molecule has 3 rings (SSSR count). The SMILES string of the molecule is CN(Cc1ccccc1Br)C(=O)NCCc1cc(Cl)c2c(c1)OCCO2. The maximum Gasteiger partial charge on any atom is 0.317 e. The molecule has 0 saturated carbocycles. The van der Waals surface area contributed by atoms with E-state index in [2.05, 4.69) is 21.2 Å². The van der Waals surface area contributed by atoms with E-state index in [4.69, 9.17) is 21.1 Å². The third kappa shape index (κ3) is 4.62. The molecule has 0 bridgehead atoms. The molecule has 0 saturated heterocycles. The predicted molar refractivity (Wildman–Crippen MR) is 105 cm³/mol. The predicted octanol–water partition coefficient (Wildman–Crippen LogP) is 4.26. The van der Waals surface area contributed by atoms with Crippen LogP contribution in [0.5, 0.6) is 11.5 Å². The van der Waals surface area contributed by atoms with Crippen LogP contribution in [0.1, 0.15) is 11.1 Å². The van der Waals surface area contributed by atoms with Gasteiger partial charge in [0, 0.05) is 24.6 Å². The Balaban J connectivity index is 1.52. The number of rotatable bonds is 5. The Kier molecular flexibility index (Phi) is 6.27. The molecule has 1 heterocycles. The van der Waals surface area contributed by atoms with Gasteiger partial charge in [-0.1, -0.05) is 45.7 Å². The van der Waals surface area contributed by atoms with Gasteiger partial charge in [-0.2, -0.15) is 0 Å². The Labute approximate surface area is 166 Å². The van der Waals surface area contributed by atoms with Gasteiger partial charge in [0.15, 0.2) is 11.5 Å². The van der Waals surface area contributed by atoms with Crippen LogP contribution in [0.4, 0.5) is 4.79 Å². The first kappa shape index (κ1) is 18.9. The highest BCUT2D eigenvalue weighted by atomic mass is 79.9. The number of carbonyl (C=O) groups is 1. The molecule has 0 fully saturated rings. The minimum atomic E-state index is -0.121. The lowest BCUT2D eigenvalue weighted by Crippen LogP contribution is -2.37. The van der Waals surface area contributed by atoms with Gasteiger partial charge in [0.25, 0.3) is 0 Å². The number of nitrogens with one attached hydrogen (secondary N) is 1. The van der Waals surface area contributed by atoms with Crippen molar-refractivity contribution in [3.05, 3.63) is 57.0 Å². The lowest BCUT2D eigenvalue weighted by molar-refractivity contribution is 0.171. The van der Waals surface area contributed by atoms with Crippen LogP contribution in [0.2, 0.25) is 5.02 Å². The van der Waals surface area contributed by atoms with Gasteiger partial charge in [0.1, 0.15) is 13.2 Å². The van der Waals surface area contributed by atoms with E-state index in [0.29, 0.717) is 49.2 Å². The van der Waals surface area contributed by atoms with Crippen molar-refractivity contribution in [3.63, 3.8) is 0 Å². The molecule has 7 heteroatoms. The van der Waals surface area contributed by atoms with E-state index in [1.807, 2.05) is 36.4 Å². The van der Waals surface area contributed by atoms with Crippen molar-refractivity contribution in [3.8, 4) is 11.5 Å². The van der Waals surface area contributed by atoms with Gasteiger partial charge >= 0.3 is 6.03 Å². The van der Waals surface area contributed by atoms with Crippen molar-refractivity contribution in [1.82, 2.24) is 10.2 Å². The lowest BCUT2D eigenvalue weighted by Gasteiger charge is -2.21. The molecule has 0 atom stereocenters. The van der Waals surface area contributed by atoms with Gasteiger partial charge in [-0.15, -0.1) is 0 Å². The summed E-state index contributed by atoms with van der Waals surface area (Å²) >= 11 is 9.74.